The van der Waals surface area contributed by atoms with Crippen LogP contribution in [0.3, 0.4) is 0 Å². The Morgan fingerprint density at radius 2 is 2.11 bits per heavy atom. The van der Waals surface area contributed by atoms with Crippen LogP contribution in [0.2, 0.25) is 5.02 Å². The largest absolute Gasteiger partial charge is 0.314 e. The lowest BCUT2D eigenvalue weighted by molar-refractivity contribution is 0.293. The van der Waals surface area contributed by atoms with Crippen LogP contribution in [0.4, 0.5) is 0 Å². The summed E-state index contributed by atoms with van der Waals surface area (Å²) >= 11 is 7.88. The molecular formula is C16H18ClNS. The first-order valence-corrected chi connectivity index (χ1v) is 8.08. The molecule has 3 rings (SSSR count). The van der Waals surface area contributed by atoms with Crippen LogP contribution in [-0.2, 0) is 6.42 Å². The molecule has 0 bridgehead atoms. The van der Waals surface area contributed by atoms with Crippen LogP contribution in [-0.4, -0.2) is 12.6 Å². The monoisotopic (exact) mass is 291 g/mol. The van der Waals surface area contributed by atoms with Gasteiger partial charge in [-0.3, -0.25) is 0 Å². The van der Waals surface area contributed by atoms with Crippen molar-refractivity contribution >= 4 is 22.9 Å². The number of hydrogen-bond donors (Lipinski definition) is 1. The average molecular weight is 292 g/mol. The Balaban J connectivity index is 1.41. The number of benzene rings is 1. The smallest absolute Gasteiger partial charge is 0.0408 e. The molecule has 2 aromatic rings. The molecule has 19 heavy (non-hydrogen) atoms. The van der Waals surface area contributed by atoms with E-state index in [-0.39, 0.29) is 0 Å². The molecule has 1 aliphatic carbocycles. The van der Waals surface area contributed by atoms with E-state index in [1.54, 1.807) is 0 Å². The van der Waals surface area contributed by atoms with E-state index in [1.807, 2.05) is 17.4 Å². The summed E-state index contributed by atoms with van der Waals surface area (Å²) in [6.07, 6.45) is 3.63. The molecule has 1 N–H and O–H groups in total. The van der Waals surface area contributed by atoms with Gasteiger partial charge in [0, 0.05) is 22.5 Å². The minimum atomic E-state index is 0.684. The van der Waals surface area contributed by atoms with Crippen molar-refractivity contribution in [2.24, 2.45) is 0 Å². The molecule has 1 aromatic carbocycles. The molecule has 0 saturated heterocycles. The highest BCUT2D eigenvalue weighted by atomic mass is 35.5. The topological polar surface area (TPSA) is 12.0 Å². The van der Waals surface area contributed by atoms with Gasteiger partial charge < -0.3 is 5.32 Å². The molecule has 1 fully saturated rings. The van der Waals surface area contributed by atoms with E-state index in [4.69, 9.17) is 11.6 Å². The Hall–Kier alpha value is -0.830. The molecule has 0 atom stereocenters. The summed E-state index contributed by atoms with van der Waals surface area (Å²) in [7, 11) is 0. The molecule has 0 unspecified atom stereocenters. The lowest BCUT2D eigenvalue weighted by atomic mass is 9.76. The standard InChI is InChI=1S/C16H18ClNS/c17-14-4-1-3-12(9-14)13-10-15(11-13)18-7-6-16-5-2-8-19-16/h1-5,8-9,13,15,18H,6-7,10-11H2. The van der Waals surface area contributed by atoms with E-state index < -0.39 is 0 Å². The first-order chi connectivity index (χ1) is 9.31. The Morgan fingerprint density at radius 1 is 1.21 bits per heavy atom. The highest BCUT2D eigenvalue weighted by molar-refractivity contribution is 7.09. The maximum absolute atomic E-state index is 6.03. The summed E-state index contributed by atoms with van der Waals surface area (Å²) in [5.74, 6) is 0.693. The zero-order valence-corrected chi connectivity index (χ0v) is 12.4. The second-order valence-corrected chi connectivity index (χ2v) is 6.67. The Morgan fingerprint density at radius 3 is 2.84 bits per heavy atom. The minimum Gasteiger partial charge on any atom is -0.314 e. The fraction of sp³-hybridized carbons (Fsp3) is 0.375. The SMILES string of the molecule is Clc1cccc(C2CC(NCCc3cccs3)C2)c1. The van der Waals surface area contributed by atoms with Crippen LogP contribution in [0.25, 0.3) is 0 Å². The van der Waals surface area contributed by atoms with Crippen molar-refractivity contribution in [2.75, 3.05) is 6.54 Å². The number of thiophene rings is 1. The molecule has 1 nitrogen and oxygen atoms in total. The number of hydrogen-bond acceptors (Lipinski definition) is 2. The van der Waals surface area contributed by atoms with Crippen molar-refractivity contribution < 1.29 is 0 Å². The van der Waals surface area contributed by atoms with Gasteiger partial charge in [-0.25, -0.2) is 0 Å². The van der Waals surface area contributed by atoms with Gasteiger partial charge in [-0.05, 0) is 54.3 Å². The summed E-state index contributed by atoms with van der Waals surface area (Å²) < 4.78 is 0. The van der Waals surface area contributed by atoms with Gasteiger partial charge in [-0.15, -0.1) is 11.3 Å². The van der Waals surface area contributed by atoms with Gasteiger partial charge in [0.05, 0.1) is 0 Å². The summed E-state index contributed by atoms with van der Waals surface area (Å²) in [5.41, 5.74) is 1.39. The fourth-order valence-electron chi connectivity index (χ4n) is 2.67. The van der Waals surface area contributed by atoms with E-state index >= 15 is 0 Å². The molecule has 3 heteroatoms. The van der Waals surface area contributed by atoms with Crippen molar-refractivity contribution in [3.8, 4) is 0 Å². The van der Waals surface area contributed by atoms with Crippen LogP contribution >= 0.6 is 22.9 Å². The van der Waals surface area contributed by atoms with Crippen molar-refractivity contribution in [1.29, 1.82) is 0 Å². The molecule has 100 valence electrons. The molecule has 1 heterocycles. The second-order valence-electron chi connectivity index (χ2n) is 5.20. The zero-order valence-electron chi connectivity index (χ0n) is 10.8. The third-order valence-electron chi connectivity index (χ3n) is 3.84. The molecule has 0 amide bonds. The van der Waals surface area contributed by atoms with Gasteiger partial charge >= 0.3 is 0 Å². The fourth-order valence-corrected chi connectivity index (χ4v) is 3.58. The summed E-state index contributed by atoms with van der Waals surface area (Å²) in [6, 6.07) is 13.3. The Bertz CT molecular complexity index is 517. The van der Waals surface area contributed by atoms with E-state index in [2.05, 4.69) is 41.0 Å². The van der Waals surface area contributed by atoms with E-state index in [0.29, 0.717) is 12.0 Å². The van der Waals surface area contributed by atoms with E-state index in [1.165, 1.54) is 23.3 Å². The summed E-state index contributed by atoms with van der Waals surface area (Å²) in [5, 5.41) is 6.65. The molecule has 1 aromatic heterocycles. The predicted molar refractivity (Wildman–Crippen MR) is 83.2 cm³/mol. The second kappa shape index (κ2) is 6.08. The minimum absolute atomic E-state index is 0.684. The van der Waals surface area contributed by atoms with E-state index in [0.717, 1.165) is 18.0 Å². The van der Waals surface area contributed by atoms with Crippen molar-refractivity contribution in [1.82, 2.24) is 5.32 Å². The number of nitrogens with one attached hydrogen (secondary N) is 1. The highest BCUT2D eigenvalue weighted by Gasteiger charge is 2.29. The first kappa shape index (κ1) is 13.2. The molecule has 1 aliphatic rings. The summed E-state index contributed by atoms with van der Waals surface area (Å²) in [6.45, 7) is 1.09. The normalized spacial score (nSPS) is 22.2. The zero-order chi connectivity index (χ0) is 13.1. The molecule has 0 radical (unpaired) electrons. The first-order valence-electron chi connectivity index (χ1n) is 6.82. The molecule has 1 saturated carbocycles. The van der Waals surface area contributed by atoms with Gasteiger partial charge in [0.1, 0.15) is 0 Å². The third-order valence-corrected chi connectivity index (χ3v) is 5.01. The van der Waals surface area contributed by atoms with Gasteiger partial charge in [-0.1, -0.05) is 29.8 Å². The quantitative estimate of drug-likeness (QED) is 0.856. The molecule has 0 spiro atoms. The van der Waals surface area contributed by atoms with Crippen molar-refractivity contribution in [2.45, 2.75) is 31.2 Å². The lowest BCUT2D eigenvalue weighted by Crippen LogP contribution is -2.40. The van der Waals surface area contributed by atoms with Gasteiger partial charge in [0.15, 0.2) is 0 Å². The van der Waals surface area contributed by atoms with Crippen LogP contribution in [0.1, 0.15) is 29.2 Å². The highest BCUT2D eigenvalue weighted by Crippen LogP contribution is 2.37. The number of halogens is 1. The van der Waals surface area contributed by atoms with Crippen LogP contribution < -0.4 is 5.32 Å². The van der Waals surface area contributed by atoms with Crippen LogP contribution in [0.5, 0.6) is 0 Å². The van der Waals surface area contributed by atoms with E-state index in [9.17, 15) is 0 Å². The van der Waals surface area contributed by atoms with Crippen molar-refractivity contribution in [3.05, 3.63) is 57.2 Å². The predicted octanol–water partition coefficient (Wildman–Crippen LogP) is 4.48. The van der Waals surface area contributed by atoms with Gasteiger partial charge in [-0.2, -0.15) is 0 Å². The van der Waals surface area contributed by atoms with Crippen LogP contribution in [0, 0.1) is 0 Å². The average Bonchev–Trinajstić information content (AvgIpc) is 2.85. The van der Waals surface area contributed by atoms with Gasteiger partial charge in [0.2, 0.25) is 0 Å². The third kappa shape index (κ3) is 3.38. The molecular weight excluding hydrogens is 274 g/mol. The van der Waals surface area contributed by atoms with Gasteiger partial charge in [0.25, 0.3) is 0 Å². The molecule has 0 aliphatic heterocycles. The Kier molecular flexibility index (Phi) is 4.21. The Labute approximate surface area is 123 Å². The maximum atomic E-state index is 6.03. The lowest BCUT2D eigenvalue weighted by Gasteiger charge is -2.36. The van der Waals surface area contributed by atoms with Crippen molar-refractivity contribution in [3.63, 3.8) is 0 Å². The summed E-state index contributed by atoms with van der Waals surface area (Å²) in [4.78, 5) is 1.47. The number of rotatable bonds is 5. The maximum Gasteiger partial charge on any atom is 0.0408 e. The van der Waals surface area contributed by atoms with Crippen LogP contribution in [0.15, 0.2) is 41.8 Å².